The molecule has 82 valence electrons. The van der Waals surface area contributed by atoms with E-state index in [0.717, 1.165) is 6.29 Å². The van der Waals surface area contributed by atoms with Crippen LogP contribution in [0.1, 0.15) is 27.2 Å². The molecule has 0 N–H and O–H groups in total. The summed E-state index contributed by atoms with van der Waals surface area (Å²) in [5, 5.41) is 0.232. The van der Waals surface area contributed by atoms with E-state index in [1.807, 2.05) is 0 Å². The van der Waals surface area contributed by atoms with E-state index < -0.39 is 8.32 Å². The number of carbonyl (C=O) groups is 1. The van der Waals surface area contributed by atoms with Crippen molar-refractivity contribution in [2.45, 2.75) is 45.3 Å². The Kier molecular flexibility index (Phi) is 4.75. The molecule has 0 saturated heterocycles. The Morgan fingerprint density at radius 3 is 2.29 bits per heavy atom. The van der Waals surface area contributed by atoms with Crippen LogP contribution < -0.4 is 0 Å². The van der Waals surface area contributed by atoms with E-state index in [4.69, 9.17) is 4.43 Å². The molecule has 0 aliphatic rings. The van der Waals surface area contributed by atoms with Gasteiger partial charge < -0.3 is 4.43 Å². The Labute approximate surface area is 88.5 Å². The molecule has 0 radical (unpaired) electrons. The molecule has 0 unspecified atom stereocenters. The van der Waals surface area contributed by atoms with Crippen LogP contribution in [-0.4, -0.2) is 21.2 Å². The van der Waals surface area contributed by atoms with Crippen LogP contribution in [0.3, 0.4) is 0 Å². The Morgan fingerprint density at radius 2 is 1.93 bits per heavy atom. The molecule has 0 atom stereocenters. The molecule has 0 bridgehead atoms. The lowest BCUT2D eigenvalue weighted by Crippen LogP contribution is -2.41. The van der Waals surface area contributed by atoms with Crippen molar-refractivity contribution < 1.29 is 9.22 Å². The summed E-state index contributed by atoms with van der Waals surface area (Å²) < 4.78 is 5.89. The summed E-state index contributed by atoms with van der Waals surface area (Å²) >= 11 is 0. The zero-order valence-electron chi connectivity index (χ0n) is 10.0. The summed E-state index contributed by atoms with van der Waals surface area (Å²) in [6.07, 6.45) is 1.45. The van der Waals surface area contributed by atoms with Crippen molar-refractivity contribution in [3.8, 4) is 0 Å². The average Bonchev–Trinajstić information content (AvgIpc) is 2.01. The third kappa shape index (κ3) is 4.20. The Hall–Kier alpha value is -0.413. The van der Waals surface area contributed by atoms with E-state index in [-0.39, 0.29) is 5.04 Å². The second-order valence-electron chi connectivity index (χ2n) is 5.13. The van der Waals surface area contributed by atoms with Gasteiger partial charge >= 0.3 is 0 Å². The fourth-order valence-electron chi connectivity index (χ4n) is 0.713. The van der Waals surface area contributed by atoms with Gasteiger partial charge in [0.25, 0.3) is 0 Å². The molecule has 0 fully saturated rings. The third-order valence-electron chi connectivity index (χ3n) is 2.86. The molecule has 0 aliphatic heterocycles. The molecule has 0 aromatic carbocycles. The Bertz CT molecular complexity index is 214. The van der Waals surface area contributed by atoms with Crippen LogP contribution in [0.25, 0.3) is 0 Å². The van der Waals surface area contributed by atoms with E-state index in [9.17, 15) is 4.79 Å². The summed E-state index contributed by atoms with van der Waals surface area (Å²) in [5.74, 6) is 0. The predicted molar refractivity (Wildman–Crippen MR) is 63.0 cm³/mol. The molecule has 2 nitrogen and oxygen atoms in total. The third-order valence-corrected chi connectivity index (χ3v) is 7.40. The van der Waals surface area contributed by atoms with Crippen molar-refractivity contribution in [1.82, 2.24) is 0 Å². The second kappa shape index (κ2) is 4.89. The zero-order chi connectivity index (χ0) is 11.4. The largest absolute Gasteiger partial charge is 0.416 e. The minimum atomic E-state index is -1.64. The number of aldehydes is 1. The fraction of sp³-hybridized carbons (Fsp3) is 0.727. The standard InChI is InChI=1S/C11H22O2Si/c1-10(9-12)7-8-13-14(5,6)11(2,3)4/h9H,1,7-8H2,2-6H3. The van der Waals surface area contributed by atoms with Gasteiger partial charge in [-0.05, 0) is 30.1 Å². The lowest BCUT2D eigenvalue weighted by molar-refractivity contribution is -0.105. The average molecular weight is 214 g/mol. The normalized spacial score (nSPS) is 12.6. The first kappa shape index (κ1) is 13.6. The fourth-order valence-corrected chi connectivity index (χ4v) is 1.76. The molecule has 0 spiro atoms. The van der Waals surface area contributed by atoms with Gasteiger partial charge in [0, 0.05) is 6.61 Å². The molecular weight excluding hydrogens is 192 g/mol. The maximum atomic E-state index is 10.3. The molecule has 0 aliphatic carbocycles. The van der Waals surface area contributed by atoms with Crippen molar-refractivity contribution in [3.05, 3.63) is 12.2 Å². The first-order valence-corrected chi connectivity index (χ1v) is 7.88. The lowest BCUT2D eigenvalue weighted by atomic mass is 10.2. The lowest BCUT2D eigenvalue weighted by Gasteiger charge is -2.36. The molecule has 0 amide bonds. The number of hydrogen-bond donors (Lipinski definition) is 0. The molecule has 0 aromatic rings. The minimum Gasteiger partial charge on any atom is -0.416 e. The van der Waals surface area contributed by atoms with Gasteiger partial charge in [0.15, 0.2) is 8.32 Å². The molecule has 3 heteroatoms. The van der Waals surface area contributed by atoms with Crippen molar-refractivity contribution in [2.75, 3.05) is 6.61 Å². The van der Waals surface area contributed by atoms with Gasteiger partial charge in [0.05, 0.1) is 0 Å². The van der Waals surface area contributed by atoms with Crippen molar-refractivity contribution in [3.63, 3.8) is 0 Å². The molecule has 0 saturated carbocycles. The van der Waals surface area contributed by atoms with Gasteiger partial charge in [0.1, 0.15) is 6.29 Å². The van der Waals surface area contributed by atoms with E-state index in [2.05, 4.69) is 40.4 Å². The van der Waals surface area contributed by atoms with Crippen LogP contribution >= 0.6 is 0 Å². The smallest absolute Gasteiger partial charge is 0.191 e. The van der Waals surface area contributed by atoms with Gasteiger partial charge in [-0.25, -0.2) is 0 Å². The summed E-state index contributed by atoms with van der Waals surface area (Å²) in [5.41, 5.74) is 0.615. The Morgan fingerprint density at radius 1 is 1.43 bits per heavy atom. The number of rotatable bonds is 5. The van der Waals surface area contributed by atoms with Crippen LogP contribution in [-0.2, 0) is 9.22 Å². The van der Waals surface area contributed by atoms with E-state index in [1.54, 1.807) is 0 Å². The highest BCUT2D eigenvalue weighted by molar-refractivity contribution is 6.74. The maximum absolute atomic E-state index is 10.3. The van der Waals surface area contributed by atoms with Crippen LogP contribution in [0.2, 0.25) is 18.1 Å². The van der Waals surface area contributed by atoms with E-state index in [0.29, 0.717) is 18.6 Å². The summed E-state index contributed by atoms with van der Waals surface area (Å²) in [7, 11) is -1.64. The van der Waals surface area contributed by atoms with Crippen molar-refractivity contribution >= 4 is 14.6 Å². The molecule has 14 heavy (non-hydrogen) atoms. The predicted octanol–water partition coefficient (Wildman–Crippen LogP) is 3.15. The second-order valence-corrected chi connectivity index (χ2v) is 9.94. The maximum Gasteiger partial charge on any atom is 0.191 e. The topological polar surface area (TPSA) is 26.3 Å². The van der Waals surface area contributed by atoms with Crippen LogP contribution in [0, 0.1) is 0 Å². The van der Waals surface area contributed by atoms with Crippen LogP contribution in [0.5, 0.6) is 0 Å². The first-order valence-electron chi connectivity index (χ1n) is 4.97. The Balaban J connectivity index is 4.01. The monoisotopic (exact) mass is 214 g/mol. The first-order chi connectivity index (χ1) is 6.20. The molecule has 0 rings (SSSR count). The van der Waals surface area contributed by atoms with Gasteiger partial charge in [0.2, 0.25) is 0 Å². The van der Waals surface area contributed by atoms with Gasteiger partial charge in [-0.15, -0.1) is 0 Å². The SMILES string of the molecule is C=C(C=O)CCO[Si](C)(C)C(C)(C)C. The summed E-state index contributed by atoms with van der Waals surface area (Å²) in [6, 6.07) is 0. The zero-order valence-corrected chi connectivity index (χ0v) is 11.0. The van der Waals surface area contributed by atoms with E-state index in [1.165, 1.54) is 0 Å². The van der Waals surface area contributed by atoms with Crippen LogP contribution in [0.15, 0.2) is 12.2 Å². The quantitative estimate of drug-likeness (QED) is 0.399. The number of hydrogen-bond acceptors (Lipinski definition) is 2. The summed E-state index contributed by atoms with van der Waals surface area (Å²) in [4.78, 5) is 10.3. The summed E-state index contributed by atoms with van der Waals surface area (Å²) in [6.45, 7) is 15.3. The highest BCUT2D eigenvalue weighted by Gasteiger charge is 2.36. The van der Waals surface area contributed by atoms with Gasteiger partial charge in [-0.2, -0.15) is 0 Å². The van der Waals surface area contributed by atoms with Gasteiger partial charge in [-0.3, -0.25) is 4.79 Å². The van der Waals surface area contributed by atoms with Gasteiger partial charge in [-0.1, -0.05) is 27.4 Å². The molecular formula is C11H22O2Si. The minimum absolute atomic E-state index is 0.232. The van der Waals surface area contributed by atoms with Crippen molar-refractivity contribution in [2.24, 2.45) is 0 Å². The van der Waals surface area contributed by atoms with Crippen LogP contribution in [0.4, 0.5) is 0 Å². The van der Waals surface area contributed by atoms with E-state index >= 15 is 0 Å². The highest BCUT2D eigenvalue weighted by Crippen LogP contribution is 2.36. The highest BCUT2D eigenvalue weighted by atomic mass is 28.4. The molecule has 0 aromatic heterocycles. The molecule has 0 heterocycles. The van der Waals surface area contributed by atoms with Crippen molar-refractivity contribution in [1.29, 1.82) is 0 Å². The number of carbonyl (C=O) groups excluding carboxylic acids is 1.